The smallest absolute Gasteiger partial charge is 0.493 e. The zero-order chi connectivity index (χ0) is 20.5. The largest absolute Gasteiger partial charge is 0.573 e. The minimum Gasteiger partial charge on any atom is -0.493 e. The Hall–Kier alpha value is -3.36. The Kier molecular flexibility index (Phi) is 5.08. The lowest BCUT2D eigenvalue weighted by molar-refractivity contribution is -0.274. The van der Waals surface area contributed by atoms with Crippen LogP contribution in [0, 0.1) is 0 Å². The van der Waals surface area contributed by atoms with Crippen LogP contribution in [0.2, 0.25) is 0 Å². The molecule has 0 unspecified atom stereocenters. The van der Waals surface area contributed by atoms with Crippen molar-refractivity contribution in [3.05, 3.63) is 42.0 Å². The first-order chi connectivity index (χ1) is 13.2. The molecule has 0 bridgehead atoms. The van der Waals surface area contributed by atoms with E-state index in [-0.39, 0.29) is 0 Å². The molecule has 0 atom stereocenters. The minimum absolute atomic E-state index is 0.307. The van der Waals surface area contributed by atoms with Crippen molar-refractivity contribution < 1.29 is 37.3 Å². The fourth-order valence-corrected chi connectivity index (χ4v) is 3.07. The van der Waals surface area contributed by atoms with Gasteiger partial charge in [0.05, 0.1) is 26.3 Å². The molecule has 0 aliphatic carbocycles. The quantitative estimate of drug-likeness (QED) is 0.648. The standard InChI is InChI=1S/C19H16F3NO5/c1-26-15-5-3-4-11(18(15)27-2)17-13(9-16(24)25)12-8-10(28-19(20,21)22)6-7-14(12)23-17/h3-8,23H,9H2,1-2H3,(H,24,25). The molecule has 1 heterocycles. The Bertz CT molecular complexity index is 1030. The van der Waals surface area contributed by atoms with Crippen LogP contribution in [-0.4, -0.2) is 36.6 Å². The van der Waals surface area contributed by atoms with E-state index in [1.165, 1.54) is 20.3 Å². The predicted octanol–water partition coefficient (Wildman–Crippen LogP) is 4.38. The molecule has 6 nitrogen and oxygen atoms in total. The molecule has 2 aromatic carbocycles. The number of carbonyl (C=O) groups is 1. The molecule has 3 aromatic rings. The summed E-state index contributed by atoms with van der Waals surface area (Å²) in [6.07, 6.45) is -5.26. The Morgan fingerprint density at radius 2 is 1.89 bits per heavy atom. The zero-order valence-electron chi connectivity index (χ0n) is 14.9. The number of aromatic amines is 1. The van der Waals surface area contributed by atoms with Crippen LogP contribution in [0.5, 0.6) is 17.2 Å². The van der Waals surface area contributed by atoms with E-state index in [2.05, 4.69) is 9.72 Å². The van der Waals surface area contributed by atoms with Gasteiger partial charge in [0.1, 0.15) is 5.75 Å². The summed E-state index contributed by atoms with van der Waals surface area (Å²) >= 11 is 0. The van der Waals surface area contributed by atoms with E-state index >= 15 is 0 Å². The minimum atomic E-state index is -4.85. The number of rotatable bonds is 6. The number of aliphatic carboxylic acids is 1. The van der Waals surface area contributed by atoms with Crippen LogP contribution in [0.3, 0.4) is 0 Å². The molecule has 0 spiro atoms. The summed E-state index contributed by atoms with van der Waals surface area (Å²) in [6.45, 7) is 0. The molecule has 9 heteroatoms. The normalized spacial score (nSPS) is 11.5. The molecule has 0 fully saturated rings. The Morgan fingerprint density at radius 3 is 2.50 bits per heavy atom. The molecule has 148 valence electrons. The van der Waals surface area contributed by atoms with Gasteiger partial charge in [-0.15, -0.1) is 13.2 Å². The number of alkyl halides is 3. The molecule has 0 amide bonds. The summed E-state index contributed by atoms with van der Waals surface area (Å²) in [5, 5.41) is 9.63. The van der Waals surface area contributed by atoms with E-state index in [1.807, 2.05) is 0 Å². The van der Waals surface area contributed by atoms with Gasteiger partial charge in [-0.3, -0.25) is 4.79 Å². The number of benzene rings is 2. The summed E-state index contributed by atoms with van der Waals surface area (Å²) in [5.41, 5.74) is 1.71. The summed E-state index contributed by atoms with van der Waals surface area (Å²) in [7, 11) is 2.90. The van der Waals surface area contributed by atoms with E-state index in [9.17, 15) is 23.1 Å². The van der Waals surface area contributed by atoms with E-state index in [4.69, 9.17) is 9.47 Å². The molecule has 0 saturated carbocycles. The van der Waals surface area contributed by atoms with Gasteiger partial charge in [-0.05, 0) is 35.9 Å². The molecule has 0 radical (unpaired) electrons. The van der Waals surface area contributed by atoms with Gasteiger partial charge in [-0.2, -0.15) is 0 Å². The number of hydrogen-bond acceptors (Lipinski definition) is 4. The van der Waals surface area contributed by atoms with Crippen molar-refractivity contribution in [1.82, 2.24) is 4.98 Å². The number of carboxylic acid groups (broad SMARTS) is 1. The van der Waals surface area contributed by atoms with Crippen molar-refractivity contribution in [2.75, 3.05) is 14.2 Å². The lowest BCUT2D eigenvalue weighted by Crippen LogP contribution is -2.17. The highest BCUT2D eigenvalue weighted by molar-refractivity contribution is 5.95. The third-order valence-electron chi connectivity index (χ3n) is 4.11. The van der Waals surface area contributed by atoms with Gasteiger partial charge in [0, 0.05) is 16.5 Å². The average molecular weight is 395 g/mol. The number of fused-ring (bicyclic) bond motifs is 1. The SMILES string of the molecule is COc1cccc(-c2[nH]c3ccc(OC(F)(F)F)cc3c2CC(=O)O)c1OC. The van der Waals surface area contributed by atoms with Crippen LogP contribution < -0.4 is 14.2 Å². The van der Waals surface area contributed by atoms with E-state index in [0.29, 0.717) is 39.2 Å². The van der Waals surface area contributed by atoms with Crippen molar-refractivity contribution in [1.29, 1.82) is 0 Å². The van der Waals surface area contributed by atoms with Gasteiger partial charge in [-0.25, -0.2) is 0 Å². The first kappa shape index (κ1) is 19.4. The maximum Gasteiger partial charge on any atom is 0.573 e. The van der Waals surface area contributed by atoms with Gasteiger partial charge in [0.2, 0.25) is 0 Å². The summed E-state index contributed by atoms with van der Waals surface area (Å²) < 4.78 is 52.3. The van der Waals surface area contributed by atoms with Crippen LogP contribution in [0.4, 0.5) is 13.2 Å². The number of nitrogens with one attached hydrogen (secondary N) is 1. The Balaban J connectivity index is 2.24. The molecule has 2 N–H and O–H groups in total. The first-order valence-corrected chi connectivity index (χ1v) is 8.07. The van der Waals surface area contributed by atoms with Crippen molar-refractivity contribution in [2.45, 2.75) is 12.8 Å². The lowest BCUT2D eigenvalue weighted by atomic mass is 10.0. The van der Waals surface area contributed by atoms with Crippen LogP contribution in [0.25, 0.3) is 22.2 Å². The molecule has 0 aliphatic heterocycles. The number of halogens is 3. The number of hydrogen-bond donors (Lipinski definition) is 2. The van der Waals surface area contributed by atoms with Crippen molar-refractivity contribution in [2.24, 2.45) is 0 Å². The fraction of sp³-hybridized carbons (Fsp3) is 0.211. The maximum absolute atomic E-state index is 12.5. The number of aromatic nitrogens is 1. The maximum atomic E-state index is 12.5. The van der Waals surface area contributed by atoms with Crippen LogP contribution >= 0.6 is 0 Å². The van der Waals surface area contributed by atoms with Crippen LogP contribution in [0.15, 0.2) is 36.4 Å². The third kappa shape index (κ3) is 3.83. The first-order valence-electron chi connectivity index (χ1n) is 8.07. The second-order valence-electron chi connectivity index (χ2n) is 5.85. The van der Waals surface area contributed by atoms with Crippen molar-refractivity contribution in [3.63, 3.8) is 0 Å². The molecular weight excluding hydrogens is 379 g/mol. The monoisotopic (exact) mass is 395 g/mol. The third-order valence-corrected chi connectivity index (χ3v) is 4.11. The number of ether oxygens (including phenoxy) is 3. The topological polar surface area (TPSA) is 80.8 Å². The van der Waals surface area contributed by atoms with Gasteiger partial charge in [-0.1, -0.05) is 6.07 Å². The molecule has 0 saturated heterocycles. The van der Waals surface area contributed by atoms with Crippen LogP contribution in [0.1, 0.15) is 5.56 Å². The zero-order valence-corrected chi connectivity index (χ0v) is 14.9. The Labute approximate surface area is 157 Å². The number of H-pyrrole nitrogens is 1. The van der Waals surface area contributed by atoms with Gasteiger partial charge < -0.3 is 24.3 Å². The average Bonchev–Trinajstić information content (AvgIpc) is 2.96. The lowest BCUT2D eigenvalue weighted by Gasteiger charge is -2.13. The van der Waals surface area contributed by atoms with E-state index < -0.39 is 24.5 Å². The summed E-state index contributed by atoms with van der Waals surface area (Å²) in [4.78, 5) is 14.5. The van der Waals surface area contributed by atoms with Gasteiger partial charge >= 0.3 is 12.3 Å². The highest BCUT2D eigenvalue weighted by Crippen LogP contribution is 2.41. The van der Waals surface area contributed by atoms with Crippen molar-refractivity contribution >= 4 is 16.9 Å². The van der Waals surface area contributed by atoms with Crippen molar-refractivity contribution in [3.8, 4) is 28.5 Å². The number of para-hydroxylation sites is 1. The number of carboxylic acids is 1. The van der Waals surface area contributed by atoms with Gasteiger partial charge in [0.15, 0.2) is 11.5 Å². The molecule has 3 rings (SSSR count). The fourth-order valence-electron chi connectivity index (χ4n) is 3.07. The molecular formula is C19H16F3NO5. The molecule has 28 heavy (non-hydrogen) atoms. The van der Waals surface area contributed by atoms with E-state index in [1.54, 1.807) is 18.2 Å². The van der Waals surface area contributed by atoms with Gasteiger partial charge in [0.25, 0.3) is 0 Å². The molecule has 1 aromatic heterocycles. The predicted molar refractivity (Wildman–Crippen MR) is 94.9 cm³/mol. The molecule has 0 aliphatic rings. The van der Waals surface area contributed by atoms with E-state index in [0.717, 1.165) is 12.1 Å². The summed E-state index contributed by atoms with van der Waals surface area (Å²) in [5.74, 6) is -0.767. The second kappa shape index (κ2) is 7.34. The van der Waals surface area contributed by atoms with Crippen LogP contribution in [-0.2, 0) is 11.2 Å². The summed E-state index contributed by atoms with van der Waals surface area (Å²) in [6, 6.07) is 8.79. The Morgan fingerprint density at radius 1 is 1.14 bits per heavy atom. The highest BCUT2D eigenvalue weighted by Gasteiger charge is 2.31. The second-order valence-corrected chi connectivity index (χ2v) is 5.85. The number of methoxy groups -OCH3 is 2. The highest BCUT2D eigenvalue weighted by atomic mass is 19.4.